The highest BCUT2D eigenvalue weighted by Crippen LogP contribution is 2.32. The number of imidazole rings is 1. The number of aromatic nitrogens is 4. The number of anilines is 1. The third-order valence-corrected chi connectivity index (χ3v) is 9.65. The van der Waals surface area contributed by atoms with Crippen LogP contribution in [0.2, 0.25) is 0 Å². The SMILES string of the molecule is Cc1cccc(C)c1-c1cc2nc(n1)NS(=O)(=O)c1cccc(c1)C(=O)N(Cc1cn3ccc(Br)cc3n1)[C@H](CC(C)(C)C)CO2. The number of ether oxygens (including phenoxy) is 1. The number of hydrogen-bond donors (Lipinski definition) is 1. The number of benzene rings is 2. The van der Waals surface area contributed by atoms with Crippen LogP contribution < -0.4 is 9.46 Å². The number of amides is 1. The Hall–Kier alpha value is -4.29. The van der Waals surface area contributed by atoms with Gasteiger partial charge in [-0.3, -0.25) is 4.79 Å². The first kappa shape index (κ1) is 31.7. The van der Waals surface area contributed by atoms with Gasteiger partial charge in [-0.25, -0.2) is 23.1 Å². The average Bonchev–Trinajstić information content (AvgIpc) is 3.38. The van der Waals surface area contributed by atoms with E-state index in [-0.39, 0.29) is 46.8 Å². The molecule has 4 heterocycles. The summed E-state index contributed by atoms with van der Waals surface area (Å²) in [5.41, 5.74) is 4.81. The Bertz CT molecular complexity index is 2050. The third-order valence-electron chi connectivity index (χ3n) is 7.83. The second kappa shape index (κ2) is 12.1. The molecule has 0 saturated carbocycles. The lowest BCUT2D eigenvalue weighted by Crippen LogP contribution is -2.45. The van der Waals surface area contributed by atoms with Crippen LogP contribution in [0.25, 0.3) is 16.9 Å². The van der Waals surface area contributed by atoms with E-state index in [9.17, 15) is 13.2 Å². The van der Waals surface area contributed by atoms with Gasteiger partial charge in [-0.05, 0) is 67.1 Å². The molecule has 0 fully saturated rings. The summed E-state index contributed by atoms with van der Waals surface area (Å²) in [6.45, 7) is 10.6. The normalized spacial score (nSPS) is 16.6. The number of nitrogens with one attached hydrogen (secondary N) is 1. The minimum atomic E-state index is -4.16. The van der Waals surface area contributed by atoms with Gasteiger partial charge in [-0.15, -0.1) is 0 Å². The second-order valence-electron chi connectivity index (χ2n) is 12.8. The smallest absolute Gasteiger partial charge is 0.264 e. The zero-order valence-corrected chi connectivity index (χ0v) is 28.7. The second-order valence-corrected chi connectivity index (χ2v) is 15.4. The maximum atomic E-state index is 14.4. The first-order valence-electron chi connectivity index (χ1n) is 14.9. The van der Waals surface area contributed by atoms with Crippen LogP contribution in [-0.2, 0) is 16.6 Å². The zero-order chi connectivity index (χ0) is 32.8. The molecule has 1 N–H and O–H groups in total. The number of halogens is 1. The van der Waals surface area contributed by atoms with Crippen LogP contribution in [-0.4, -0.2) is 51.2 Å². The maximum absolute atomic E-state index is 14.4. The van der Waals surface area contributed by atoms with Gasteiger partial charge in [0.15, 0.2) is 0 Å². The van der Waals surface area contributed by atoms with E-state index in [0.717, 1.165) is 26.8 Å². The molecule has 0 saturated heterocycles. The molecule has 0 aliphatic carbocycles. The molecule has 5 aromatic rings. The summed E-state index contributed by atoms with van der Waals surface area (Å²) in [5, 5.41) is 0. The van der Waals surface area contributed by atoms with Crippen molar-refractivity contribution in [2.45, 2.75) is 58.5 Å². The van der Waals surface area contributed by atoms with E-state index in [4.69, 9.17) is 9.72 Å². The fourth-order valence-corrected chi connectivity index (χ4v) is 7.12. The Kier molecular flexibility index (Phi) is 8.36. The van der Waals surface area contributed by atoms with Gasteiger partial charge in [-0.2, -0.15) is 4.98 Å². The topological polar surface area (TPSA) is 119 Å². The lowest BCUT2D eigenvalue weighted by atomic mass is 9.87. The van der Waals surface area contributed by atoms with Gasteiger partial charge in [0, 0.05) is 34.1 Å². The number of nitrogens with zero attached hydrogens (tertiary/aromatic N) is 5. The monoisotopic (exact) mass is 702 g/mol. The number of sulfonamides is 1. The number of carbonyl (C=O) groups is 1. The highest BCUT2D eigenvalue weighted by atomic mass is 79.9. The van der Waals surface area contributed by atoms with Crippen molar-refractivity contribution in [3.63, 3.8) is 0 Å². The van der Waals surface area contributed by atoms with Crippen molar-refractivity contribution >= 4 is 43.5 Å². The molecular weight excluding hydrogens is 668 g/mol. The molecule has 2 aromatic carbocycles. The fourth-order valence-electron chi connectivity index (χ4n) is 5.81. The third kappa shape index (κ3) is 6.78. The van der Waals surface area contributed by atoms with E-state index in [0.29, 0.717) is 17.8 Å². The lowest BCUT2D eigenvalue weighted by Gasteiger charge is -2.35. The van der Waals surface area contributed by atoms with Gasteiger partial charge in [0.25, 0.3) is 15.9 Å². The van der Waals surface area contributed by atoms with E-state index in [1.807, 2.05) is 61.0 Å². The predicted molar refractivity (Wildman–Crippen MR) is 180 cm³/mol. The first-order valence-corrected chi connectivity index (χ1v) is 17.2. The average molecular weight is 704 g/mol. The van der Waals surface area contributed by atoms with Gasteiger partial charge in [0.1, 0.15) is 12.3 Å². The highest BCUT2D eigenvalue weighted by molar-refractivity contribution is 9.10. The summed E-state index contributed by atoms with van der Waals surface area (Å²) in [6.07, 6.45) is 4.38. The van der Waals surface area contributed by atoms with Gasteiger partial charge < -0.3 is 14.0 Å². The number of pyridine rings is 1. The van der Waals surface area contributed by atoms with Crippen LogP contribution in [0.3, 0.4) is 0 Å². The fraction of sp³-hybridized carbons (Fsp3) is 0.294. The molecule has 1 atom stereocenters. The molecule has 1 amide bonds. The number of fused-ring (bicyclic) bond motifs is 5. The summed E-state index contributed by atoms with van der Waals surface area (Å²) >= 11 is 3.50. The van der Waals surface area contributed by atoms with Crippen molar-refractivity contribution in [2.24, 2.45) is 5.41 Å². The Morgan fingerprint density at radius 2 is 1.74 bits per heavy atom. The Morgan fingerprint density at radius 3 is 2.48 bits per heavy atom. The molecular formula is C34H35BrN6O4S. The standard InChI is InChI=1S/C34H35BrN6O4S/c1-21-8-6-9-22(2)31(21)28-16-30-38-33(37-28)39-46(43,44)27-11-7-10-23(14-27)32(42)41(26(20-45-30)17-34(3,4)5)19-25-18-40-13-12-24(35)15-29(40)36-25/h6-16,18,26H,17,19-20H2,1-5H3,(H,37,38,39)/t26-/m1/s1. The van der Waals surface area contributed by atoms with Crippen molar-refractivity contribution in [1.82, 2.24) is 24.3 Å². The van der Waals surface area contributed by atoms with E-state index in [1.54, 1.807) is 23.1 Å². The summed E-state index contributed by atoms with van der Waals surface area (Å²) in [4.78, 5) is 29.9. The van der Waals surface area contributed by atoms with E-state index < -0.39 is 16.1 Å². The van der Waals surface area contributed by atoms with E-state index in [2.05, 4.69) is 51.4 Å². The van der Waals surface area contributed by atoms with Crippen molar-refractivity contribution in [1.29, 1.82) is 0 Å². The van der Waals surface area contributed by atoms with Crippen LogP contribution in [0.15, 0.2) is 82.4 Å². The molecule has 6 rings (SSSR count). The summed E-state index contributed by atoms with van der Waals surface area (Å²) in [7, 11) is -4.16. The molecule has 0 spiro atoms. The molecule has 12 heteroatoms. The summed E-state index contributed by atoms with van der Waals surface area (Å²) in [6, 6.07) is 17.1. The van der Waals surface area contributed by atoms with E-state index >= 15 is 0 Å². The van der Waals surface area contributed by atoms with Gasteiger partial charge in [-0.1, -0.05) is 61.0 Å². The number of carbonyl (C=O) groups excluding carboxylic acids is 1. The minimum absolute atomic E-state index is 0.0777. The molecule has 0 unspecified atom stereocenters. The number of rotatable bonds is 4. The van der Waals surface area contributed by atoms with Crippen LogP contribution in [0.4, 0.5) is 5.95 Å². The van der Waals surface area contributed by atoms with Crippen LogP contribution in [0, 0.1) is 19.3 Å². The quantitative estimate of drug-likeness (QED) is 0.219. The molecule has 3 aromatic heterocycles. The predicted octanol–water partition coefficient (Wildman–Crippen LogP) is 6.81. The Morgan fingerprint density at radius 1 is 1.00 bits per heavy atom. The maximum Gasteiger partial charge on any atom is 0.264 e. The highest BCUT2D eigenvalue weighted by Gasteiger charge is 2.32. The zero-order valence-electron chi connectivity index (χ0n) is 26.3. The van der Waals surface area contributed by atoms with Crippen LogP contribution in [0.5, 0.6) is 5.88 Å². The molecule has 238 valence electrons. The molecule has 1 aliphatic heterocycles. The molecule has 10 nitrogen and oxygen atoms in total. The molecule has 1 aliphatic rings. The minimum Gasteiger partial charge on any atom is -0.475 e. The molecule has 0 radical (unpaired) electrons. The van der Waals surface area contributed by atoms with Crippen LogP contribution >= 0.6 is 15.9 Å². The summed E-state index contributed by atoms with van der Waals surface area (Å²) < 4.78 is 39.0. The lowest BCUT2D eigenvalue weighted by molar-refractivity contribution is 0.0509. The van der Waals surface area contributed by atoms with E-state index in [1.165, 1.54) is 12.1 Å². The van der Waals surface area contributed by atoms with Crippen molar-refractivity contribution in [3.8, 4) is 17.1 Å². The van der Waals surface area contributed by atoms with Crippen LogP contribution in [0.1, 0.15) is 54.4 Å². The Balaban J connectivity index is 1.50. The van der Waals surface area contributed by atoms with Crippen molar-refractivity contribution < 1.29 is 17.9 Å². The van der Waals surface area contributed by atoms with Gasteiger partial charge >= 0.3 is 0 Å². The summed E-state index contributed by atoms with van der Waals surface area (Å²) in [5.74, 6) is -0.257. The number of aryl methyl sites for hydroxylation is 2. The Labute approximate surface area is 277 Å². The largest absolute Gasteiger partial charge is 0.475 e. The van der Waals surface area contributed by atoms with Gasteiger partial charge in [0.05, 0.1) is 28.9 Å². The molecule has 4 bridgehead atoms. The van der Waals surface area contributed by atoms with Crippen molar-refractivity contribution in [3.05, 3.63) is 99.9 Å². The number of hydrogen-bond acceptors (Lipinski definition) is 7. The molecule has 46 heavy (non-hydrogen) atoms. The first-order chi connectivity index (χ1) is 21.8. The van der Waals surface area contributed by atoms with Crippen molar-refractivity contribution in [2.75, 3.05) is 11.3 Å². The van der Waals surface area contributed by atoms with Gasteiger partial charge in [0.2, 0.25) is 11.8 Å².